The minimum atomic E-state index is -1.15. The van der Waals surface area contributed by atoms with Gasteiger partial charge in [-0.3, -0.25) is 10.3 Å². The lowest BCUT2D eigenvalue weighted by atomic mass is 10.3. The van der Waals surface area contributed by atoms with E-state index < -0.39 is 6.09 Å². The number of hydrogen-bond acceptors (Lipinski definition) is 3. The second-order valence-electron chi connectivity index (χ2n) is 2.17. The molecule has 0 spiro atoms. The van der Waals surface area contributed by atoms with Crippen molar-refractivity contribution in [3.8, 4) is 0 Å². The van der Waals surface area contributed by atoms with Crippen LogP contribution in [0.4, 0.5) is 10.5 Å². The van der Waals surface area contributed by atoms with Crippen molar-refractivity contribution >= 4 is 11.8 Å². The summed E-state index contributed by atoms with van der Waals surface area (Å²) >= 11 is 0. The van der Waals surface area contributed by atoms with Crippen LogP contribution in [-0.4, -0.2) is 21.3 Å². The summed E-state index contributed by atoms with van der Waals surface area (Å²) in [4.78, 5) is 13.9. The first-order valence-corrected chi connectivity index (χ1v) is 3.27. The lowest BCUT2D eigenvalue weighted by molar-refractivity contribution is 0.209. The number of anilines is 1. The number of hydrogen-bond donors (Lipinski definition) is 3. The molecule has 0 aliphatic rings. The monoisotopic (exact) mass is 168 g/mol. The first kappa shape index (κ1) is 8.48. The molecule has 12 heavy (non-hydrogen) atoms. The Hall–Kier alpha value is -1.62. The Morgan fingerprint density at radius 2 is 2.33 bits per heavy atom. The molecule has 1 aromatic rings. The number of carboxylic acid groups (broad SMARTS) is 1. The molecule has 5 heteroatoms. The zero-order valence-corrected chi connectivity index (χ0v) is 6.19. The lowest BCUT2D eigenvalue weighted by Gasteiger charge is -2.00. The van der Waals surface area contributed by atoms with Gasteiger partial charge in [0.05, 0.1) is 18.5 Å². The van der Waals surface area contributed by atoms with Crippen molar-refractivity contribution in [1.29, 1.82) is 0 Å². The van der Waals surface area contributed by atoms with Gasteiger partial charge in [-0.25, -0.2) is 4.79 Å². The number of aliphatic hydroxyl groups excluding tert-OH is 1. The van der Waals surface area contributed by atoms with E-state index in [0.29, 0.717) is 11.3 Å². The summed E-state index contributed by atoms with van der Waals surface area (Å²) in [5.41, 5.74) is 0.926. The van der Waals surface area contributed by atoms with Gasteiger partial charge in [0.15, 0.2) is 0 Å². The molecule has 0 fully saturated rings. The summed E-state index contributed by atoms with van der Waals surface area (Å²) in [7, 11) is 0. The van der Waals surface area contributed by atoms with E-state index in [4.69, 9.17) is 10.2 Å². The maximum atomic E-state index is 10.2. The largest absolute Gasteiger partial charge is 0.465 e. The summed E-state index contributed by atoms with van der Waals surface area (Å²) < 4.78 is 0. The molecule has 0 radical (unpaired) electrons. The highest BCUT2D eigenvalue weighted by Gasteiger charge is 1.98. The molecule has 64 valence electrons. The van der Waals surface area contributed by atoms with Crippen LogP contribution in [0.1, 0.15) is 5.56 Å². The smallest absolute Gasteiger partial charge is 0.409 e. The third-order valence-electron chi connectivity index (χ3n) is 1.23. The van der Waals surface area contributed by atoms with Crippen LogP contribution in [0, 0.1) is 0 Å². The molecule has 0 atom stereocenters. The molecular formula is C7H8N2O3. The van der Waals surface area contributed by atoms with E-state index in [1.54, 1.807) is 0 Å². The second-order valence-corrected chi connectivity index (χ2v) is 2.17. The number of pyridine rings is 1. The molecule has 0 aliphatic carbocycles. The highest BCUT2D eigenvalue weighted by molar-refractivity contribution is 5.82. The molecule has 0 saturated carbocycles. The van der Waals surface area contributed by atoms with E-state index in [9.17, 15) is 4.79 Å². The van der Waals surface area contributed by atoms with E-state index in [1.165, 1.54) is 18.5 Å². The maximum Gasteiger partial charge on any atom is 0.409 e. The third-order valence-corrected chi connectivity index (χ3v) is 1.23. The maximum absolute atomic E-state index is 10.2. The minimum Gasteiger partial charge on any atom is -0.465 e. The lowest BCUT2D eigenvalue weighted by Crippen LogP contribution is -2.07. The predicted molar refractivity (Wildman–Crippen MR) is 41.8 cm³/mol. The van der Waals surface area contributed by atoms with Crippen molar-refractivity contribution < 1.29 is 15.0 Å². The Bertz CT molecular complexity index is 288. The van der Waals surface area contributed by atoms with Crippen LogP contribution >= 0.6 is 0 Å². The first-order valence-electron chi connectivity index (χ1n) is 3.27. The number of rotatable bonds is 2. The zero-order chi connectivity index (χ0) is 8.97. The number of aliphatic hydroxyl groups is 1. The van der Waals surface area contributed by atoms with Gasteiger partial charge in [-0.2, -0.15) is 0 Å². The molecule has 1 amide bonds. The van der Waals surface area contributed by atoms with Crippen molar-refractivity contribution in [2.75, 3.05) is 5.32 Å². The summed E-state index contributed by atoms with van der Waals surface area (Å²) in [6.07, 6.45) is 1.69. The Labute approximate surface area is 68.7 Å². The van der Waals surface area contributed by atoms with Crippen molar-refractivity contribution in [2.24, 2.45) is 0 Å². The number of carbonyl (C=O) groups is 1. The van der Waals surface area contributed by atoms with Gasteiger partial charge in [-0.05, 0) is 11.6 Å². The number of nitrogens with one attached hydrogen (secondary N) is 1. The third kappa shape index (κ3) is 2.21. The molecule has 0 aliphatic heterocycles. The van der Waals surface area contributed by atoms with Crippen molar-refractivity contribution in [3.63, 3.8) is 0 Å². The Morgan fingerprint density at radius 1 is 1.58 bits per heavy atom. The predicted octanol–water partition coefficient (Wildman–Crippen LogP) is 0.664. The average molecular weight is 168 g/mol. The summed E-state index contributed by atoms with van der Waals surface area (Å²) in [6, 6.07) is 1.52. The van der Waals surface area contributed by atoms with Crippen LogP contribution in [0.5, 0.6) is 0 Å². The normalized spacial score (nSPS) is 9.42. The second kappa shape index (κ2) is 3.68. The van der Waals surface area contributed by atoms with Crippen molar-refractivity contribution in [3.05, 3.63) is 24.0 Å². The quantitative estimate of drug-likeness (QED) is 0.605. The van der Waals surface area contributed by atoms with Gasteiger partial charge in [0.2, 0.25) is 0 Å². The Morgan fingerprint density at radius 3 is 2.92 bits per heavy atom. The minimum absolute atomic E-state index is 0.151. The fourth-order valence-electron chi connectivity index (χ4n) is 0.766. The van der Waals surface area contributed by atoms with Gasteiger partial charge in [-0.1, -0.05) is 0 Å². The van der Waals surface area contributed by atoms with Gasteiger partial charge >= 0.3 is 6.09 Å². The fourth-order valence-corrected chi connectivity index (χ4v) is 0.766. The van der Waals surface area contributed by atoms with Crippen LogP contribution in [0.3, 0.4) is 0 Å². The topological polar surface area (TPSA) is 82.5 Å². The van der Waals surface area contributed by atoms with Crippen LogP contribution in [0.2, 0.25) is 0 Å². The molecule has 0 aromatic carbocycles. The zero-order valence-electron chi connectivity index (χ0n) is 6.19. The SMILES string of the molecule is O=C(O)Nc1cncc(CO)c1. The van der Waals surface area contributed by atoms with Crippen LogP contribution in [-0.2, 0) is 6.61 Å². The van der Waals surface area contributed by atoms with E-state index in [1.807, 2.05) is 0 Å². The molecule has 1 heterocycles. The van der Waals surface area contributed by atoms with E-state index >= 15 is 0 Å². The fraction of sp³-hybridized carbons (Fsp3) is 0.143. The van der Waals surface area contributed by atoms with Crippen LogP contribution in [0.25, 0.3) is 0 Å². The van der Waals surface area contributed by atoms with Gasteiger partial charge in [0, 0.05) is 6.20 Å². The highest BCUT2D eigenvalue weighted by atomic mass is 16.4. The summed E-state index contributed by atoms with van der Waals surface area (Å²) in [5.74, 6) is 0. The number of nitrogens with zero attached hydrogens (tertiary/aromatic N) is 1. The molecule has 3 N–H and O–H groups in total. The van der Waals surface area contributed by atoms with Crippen molar-refractivity contribution in [1.82, 2.24) is 4.98 Å². The van der Waals surface area contributed by atoms with Gasteiger partial charge < -0.3 is 10.2 Å². The van der Waals surface area contributed by atoms with Crippen LogP contribution < -0.4 is 5.32 Å². The molecule has 0 unspecified atom stereocenters. The van der Waals surface area contributed by atoms with Crippen LogP contribution in [0.15, 0.2) is 18.5 Å². The summed E-state index contributed by atoms with van der Waals surface area (Å²) in [5, 5.41) is 19.1. The average Bonchev–Trinajstić information content (AvgIpc) is 2.03. The van der Waals surface area contributed by atoms with E-state index in [2.05, 4.69) is 10.3 Å². The molecule has 5 nitrogen and oxygen atoms in total. The van der Waals surface area contributed by atoms with Gasteiger partial charge in [0.1, 0.15) is 0 Å². The molecule has 1 rings (SSSR count). The molecule has 0 saturated heterocycles. The molecule has 0 bridgehead atoms. The number of amides is 1. The standard InChI is InChI=1S/C7H8N2O3/c10-4-5-1-6(3-8-2-5)9-7(11)12/h1-3,9-10H,4H2,(H,11,12). The van der Waals surface area contributed by atoms with Gasteiger partial charge in [0.25, 0.3) is 0 Å². The van der Waals surface area contributed by atoms with E-state index in [-0.39, 0.29) is 6.61 Å². The molecule has 1 aromatic heterocycles. The summed E-state index contributed by atoms with van der Waals surface area (Å²) in [6.45, 7) is -0.151. The number of aromatic nitrogens is 1. The Kier molecular flexibility index (Phi) is 2.60. The first-order chi connectivity index (χ1) is 5.72. The van der Waals surface area contributed by atoms with E-state index in [0.717, 1.165) is 0 Å². The Balaban J connectivity index is 2.79. The molecular weight excluding hydrogens is 160 g/mol. The highest BCUT2D eigenvalue weighted by Crippen LogP contribution is 2.07. The van der Waals surface area contributed by atoms with Gasteiger partial charge in [-0.15, -0.1) is 0 Å². The van der Waals surface area contributed by atoms with Crippen molar-refractivity contribution in [2.45, 2.75) is 6.61 Å².